The van der Waals surface area contributed by atoms with Crippen LogP contribution in [0.3, 0.4) is 0 Å². The van der Waals surface area contributed by atoms with Crippen LogP contribution in [0.4, 0.5) is 0 Å². The van der Waals surface area contributed by atoms with E-state index < -0.39 is 0 Å². The van der Waals surface area contributed by atoms with Gasteiger partial charge in [-0.2, -0.15) is 11.3 Å². The predicted octanol–water partition coefficient (Wildman–Crippen LogP) is 3.53. The minimum Gasteiger partial charge on any atom is -0.451 e. The molecule has 1 aromatic carbocycles. The van der Waals surface area contributed by atoms with Gasteiger partial charge in [-0.15, -0.1) is 0 Å². The average molecular weight is 314 g/mol. The molecule has 0 unspecified atom stereocenters. The number of furan rings is 1. The summed E-state index contributed by atoms with van der Waals surface area (Å²) in [5, 5.41) is 8.06. The molecular weight excluding hydrogens is 296 g/mol. The van der Waals surface area contributed by atoms with Crippen LogP contribution in [0.15, 0.2) is 51.6 Å². The third-order valence-corrected chi connectivity index (χ3v) is 4.36. The number of thiophene rings is 1. The molecule has 1 N–H and O–H groups in total. The van der Waals surface area contributed by atoms with Gasteiger partial charge in [0.1, 0.15) is 5.58 Å². The van der Waals surface area contributed by atoms with Crippen LogP contribution >= 0.6 is 11.3 Å². The normalized spacial score (nSPS) is 12.7. The molecule has 0 spiro atoms. The number of benzene rings is 1. The molecule has 3 rings (SSSR count). The molecule has 0 radical (unpaired) electrons. The van der Waals surface area contributed by atoms with E-state index in [1.54, 1.807) is 17.4 Å². The SMILES string of the molecule is CN(C)[C@H](CNC(=O)c1cc2ccccc2o1)c1ccsc1. The molecule has 0 saturated carbocycles. The average Bonchev–Trinajstić information content (AvgIpc) is 3.16. The fourth-order valence-corrected chi connectivity index (χ4v) is 3.14. The number of para-hydroxylation sites is 1. The number of rotatable bonds is 5. The monoisotopic (exact) mass is 314 g/mol. The molecule has 0 aliphatic rings. The van der Waals surface area contributed by atoms with Crippen LogP contribution in [0, 0.1) is 0 Å². The van der Waals surface area contributed by atoms with Gasteiger partial charge in [-0.1, -0.05) is 18.2 Å². The second kappa shape index (κ2) is 6.34. The Morgan fingerprint density at radius 3 is 2.82 bits per heavy atom. The molecule has 2 aromatic heterocycles. The van der Waals surface area contributed by atoms with Crippen LogP contribution in [0.1, 0.15) is 22.2 Å². The van der Waals surface area contributed by atoms with Crippen molar-refractivity contribution < 1.29 is 9.21 Å². The molecule has 3 aromatic rings. The van der Waals surface area contributed by atoms with Crippen molar-refractivity contribution >= 4 is 28.2 Å². The summed E-state index contributed by atoms with van der Waals surface area (Å²) in [5.74, 6) is 0.169. The lowest BCUT2D eigenvalue weighted by Gasteiger charge is -2.23. The van der Waals surface area contributed by atoms with Crippen LogP contribution in [-0.2, 0) is 0 Å². The molecule has 114 valence electrons. The Labute approximate surface area is 133 Å². The zero-order chi connectivity index (χ0) is 15.5. The number of carbonyl (C=O) groups excluding carboxylic acids is 1. The van der Waals surface area contributed by atoms with Crippen molar-refractivity contribution in [3.8, 4) is 0 Å². The molecule has 0 aliphatic heterocycles. The Morgan fingerprint density at radius 1 is 1.32 bits per heavy atom. The van der Waals surface area contributed by atoms with Gasteiger partial charge in [0.05, 0.1) is 6.04 Å². The lowest BCUT2D eigenvalue weighted by molar-refractivity contribution is 0.0916. The van der Waals surface area contributed by atoms with E-state index in [0.717, 1.165) is 11.0 Å². The molecule has 0 saturated heterocycles. The highest BCUT2D eigenvalue weighted by Crippen LogP contribution is 2.21. The van der Waals surface area contributed by atoms with Gasteiger partial charge < -0.3 is 14.6 Å². The second-order valence-electron chi connectivity index (χ2n) is 5.39. The summed E-state index contributed by atoms with van der Waals surface area (Å²) < 4.78 is 5.59. The van der Waals surface area contributed by atoms with Crippen LogP contribution in [0.5, 0.6) is 0 Å². The van der Waals surface area contributed by atoms with Crippen LogP contribution in [0.25, 0.3) is 11.0 Å². The van der Waals surface area contributed by atoms with Gasteiger partial charge in [-0.05, 0) is 48.6 Å². The van der Waals surface area contributed by atoms with Gasteiger partial charge in [0.25, 0.3) is 5.91 Å². The highest BCUT2D eigenvalue weighted by Gasteiger charge is 2.18. The van der Waals surface area contributed by atoms with Crippen molar-refractivity contribution in [2.75, 3.05) is 20.6 Å². The zero-order valence-electron chi connectivity index (χ0n) is 12.6. The van der Waals surface area contributed by atoms with Gasteiger partial charge in [0, 0.05) is 11.9 Å². The fourth-order valence-electron chi connectivity index (χ4n) is 2.43. The lowest BCUT2D eigenvalue weighted by Crippen LogP contribution is -2.34. The Bertz CT molecular complexity index is 729. The van der Waals surface area contributed by atoms with Gasteiger partial charge in [-0.25, -0.2) is 0 Å². The quantitative estimate of drug-likeness (QED) is 0.783. The Hall–Kier alpha value is -2.11. The van der Waals surface area contributed by atoms with Gasteiger partial charge in [0.15, 0.2) is 5.76 Å². The molecule has 0 fully saturated rings. The number of hydrogen-bond donors (Lipinski definition) is 1. The summed E-state index contributed by atoms with van der Waals surface area (Å²) in [5.41, 5.74) is 1.94. The fraction of sp³-hybridized carbons (Fsp3) is 0.235. The number of amides is 1. The van der Waals surface area contributed by atoms with Crippen LogP contribution in [-0.4, -0.2) is 31.4 Å². The highest BCUT2D eigenvalue weighted by atomic mass is 32.1. The summed E-state index contributed by atoms with van der Waals surface area (Å²) in [7, 11) is 4.02. The second-order valence-corrected chi connectivity index (χ2v) is 6.17. The van der Waals surface area contributed by atoms with Crippen molar-refractivity contribution in [1.29, 1.82) is 0 Å². The number of likely N-dealkylation sites (N-methyl/N-ethyl adjacent to an activating group) is 1. The van der Waals surface area contributed by atoms with Crippen LogP contribution in [0.2, 0.25) is 0 Å². The summed E-state index contributed by atoms with van der Waals surface area (Å²) >= 11 is 1.66. The summed E-state index contributed by atoms with van der Waals surface area (Å²) in [6.07, 6.45) is 0. The molecule has 0 aliphatic carbocycles. The van der Waals surface area contributed by atoms with E-state index in [2.05, 4.69) is 21.7 Å². The number of carbonyl (C=O) groups is 1. The minimum atomic E-state index is -0.182. The third kappa shape index (κ3) is 3.05. The lowest BCUT2D eigenvalue weighted by atomic mass is 10.1. The molecule has 5 heteroatoms. The molecule has 0 bridgehead atoms. The largest absolute Gasteiger partial charge is 0.451 e. The first-order valence-electron chi connectivity index (χ1n) is 7.10. The van der Waals surface area contributed by atoms with Crippen molar-refractivity contribution in [2.45, 2.75) is 6.04 Å². The summed E-state index contributed by atoms with van der Waals surface area (Å²) in [6.45, 7) is 0.541. The predicted molar refractivity (Wildman–Crippen MR) is 89.3 cm³/mol. The first kappa shape index (κ1) is 14.8. The minimum absolute atomic E-state index is 0.152. The highest BCUT2D eigenvalue weighted by molar-refractivity contribution is 7.07. The van der Waals surface area contributed by atoms with E-state index in [4.69, 9.17) is 4.42 Å². The van der Waals surface area contributed by atoms with E-state index in [-0.39, 0.29) is 11.9 Å². The number of nitrogens with one attached hydrogen (secondary N) is 1. The van der Waals surface area contributed by atoms with Gasteiger partial charge >= 0.3 is 0 Å². The number of nitrogens with zero attached hydrogens (tertiary/aromatic N) is 1. The Morgan fingerprint density at radius 2 is 2.14 bits per heavy atom. The maximum absolute atomic E-state index is 12.3. The molecular formula is C17H18N2O2S. The summed E-state index contributed by atoms with van der Waals surface area (Å²) in [6, 6.07) is 11.6. The van der Waals surface area contributed by atoms with E-state index in [1.807, 2.05) is 43.7 Å². The number of fused-ring (bicyclic) bond motifs is 1. The van der Waals surface area contributed by atoms with E-state index in [0.29, 0.717) is 12.3 Å². The zero-order valence-corrected chi connectivity index (χ0v) is 13.4. The number of hydrogen-bond acceptors (Lipinski definition) is 4. The smallest absolute Gasteiger partial charge is 0.287 e. The van der Waals surface area contributed by atoms with Crippen molar-refractivity contribution in [1.82, 2.24) is 10.2 Å². The van der Waals surface area contributed by atoms with Crippen molar-refractivity contribution in [3.63, 3.8) is 0 Å². The van der Waals surface area contributed by atoms with Crippen molar-refractivity contribution in [3.05, 3.63) is 58.5 Å². The molecule has 2 heterocycles. The molecule has 22 heavy (non-hydrogen) atoms. The van der Waals surface area contributed by atoms with E-state index in [9.17, 15) is 4.79 Å². The molecule has 1 amide bonds. The van der Waals surface area contributed by atoms with Crippen molar-refractivity contribution in [2.24, 2.45) is 0 Å². The Kier molecular flexibility index (Phi) is 4.27. The Balaban J connectivity index is 1.71. The molecule has 4 nitrogen and oxygen atoms in total. The molecule has 1 atom stereocenters. The third-order valence-electron chi connectivity index (χ3n) is 3.66. The van der Waals surface area contributed by atoms with E-state index in [1.165, 1.54) is 5.56 Å². The first-order valence-corrected chi connectivity index (χ1v) is 8.05. The first-order chi connectivity index (χ1) is 10.6. The topological polar surface area (TPSA) is 45.5 Å². The maximum atomic E-state index is 12.3. The van der Waals surface area contributed by atoms with Gasteiger partial charge in [0.2, 0.25) is 0 Å². The standard InChI is InChI=1S/C17H18N2O2S/c1-19(2)14(13-7-8-22-11-13)10-18-17(20)16-9-12-5-3-4-6-15(12)21-16/h3-9,11,14H,10H2,1-2H3,(H,18,20)/t14-/m1/s1. The van der Waals surface area contributed by atoms with Gasteiger partial charge in [-0.3, -0.25) is 4.79 Å². The van der Waals surface area contributed by atoms with E-state index >= 15 is 0 Å². The summed E-state index contributed by atoms with van der Waals surface area (Å²) in [4.78, 5) is 14.4. The van der Waals surface area contributed by atoms with Crippen LogP contribution < -0.4 is 5.32 Å². The maximum Gasteiger partial charge on any atom is 0.287 e.